The molecule has 3 heteroatoms. The van der Waals surface area contributed by atoms with Gasteiger partial charge in [-0.15, -0.1) is 0 Å². The first kappa shape index (κ1) is 8.27. The quantitative estimate of drug-likeness (QED) is 0.656. The van der Waals surface area contributed by atoms with Crippen LogP contribution in [0.5, 0.6) is 0 Å². The third-order valence-corrected chi connectivity index (χ3v) is 1.65. The van der Waals surface area contributed by atoms with Crippen LogP contribution in [-0.4, -0.2) is 9.55 Å². The molecule has 0 aliphatic heterocycles. The molecule has 0 aromatic carbocycles. The van der Waals surface area contributed by atoms with Gasteiger partial charge >= 0.3 is 0 Å². The lowest BCUT2D eigenvalue weighted by Gasteiger charge is -2.22. The molecule has 0 saturated carbocycles. The number of nitrogens with two attached hydrogens (primary N) is 1. The number of hydrogen-bond acceptors (Lipinski definition) is 2. The molecule has 11 heavy (non-hydrogen) atoms. The van der Waals surface area contributed by atoms with Crippen LogP contribution in [0.25, 0.3) is 0 Å². The summed E-state index contributed by atoms with van der Waals surface area (Å²) in [5.74, 6) is 0. The minimum absolute atomic E-state index is 0.0885. The second-order valence-electron chi connectivity index (χ2n) is 3.63. The van der Waals surface area contributed by atoms with E-state index in [1.54, 1.807) is 0 Å². The summed E-state index contributed by atoms with van der Waals surface area (Å²) in [6.45, 7) is 6.95. The van der Waals surface area contributed by atoms with E-state index < -0.39 is 0 Å². The standard InChI is InChI=1S/C8H15N3/c1-8(2,3)11-6-10-5-7(11)4-9/h5-6H,4,9H2,1-3H3. The predicted molar refractivity (Wildman–Crippen MR) is 45.1 cm³/mol. The van der Waals surface area contributed by atoms with Crippen LogP contribution in [0.1, 0.15) is 26.5 Å². The van der Waals surface area contributed by atoms with Gasteiger partial charge < -0.3 is 10.3 Å². The number of rotatable bonds is 1. The third-order valence-electron chi connectivity index (χ3n) is 1.65. The molecule has 1 aromatic rings. The molecule has 3 nitrogen and oxygen atoms in total. The molecule has 1 aromatic heterocycles. The Balaban J connectivity index is 3.02. The Morgan fingerprint density at radius 3 is 2.55 bits per heavy atom. The first-order valence-electron chi connectivity index (χ1n) is 3.77. The summed E-state index contributed by atoms with van der Waals surface area (Å²) in [6, 6.07) is 0. The van der Waals surface area contributed by atoms with Gasteiger partial charge in [-0.1, -0.05) is 0 Å². The Bertz CT molecular complexity index is 232. The second kappa shape index (κ2) is 2.66. The zero-order valence-electron chi connectivity index (χ0n) is 7.33. The molecule has 0 saturated heterocycles. The van der Waals surface area contributed by atoms with Gasteiger partial charge in [0.25, 0.3) is 0 Å². The van der Waals surface area contributed by atoms with Crippen LogP contribution in [0.2, 0.25) is 0 Å². The molecule has 1 rings (SSSR count). The summed E-state index contributed by atoms with van der Waals surface area (Å²) in [4.78, 5) is 4.04. The highest BCUT2D eigenvalue weighted by molar-refractivity contribution is 5.01. The Labute approximate surface area is 67.2 Å². The summed E-state index contributed by atoms with van der Waals surface area (Å²) < 4.78 is 2.09. The fourth-order valence-corrected chi connectivity index (χ4v) is 1.08. The summed E-state index contributed by atoms with van der Waals surface area (Å²) in [5.41, 5.74) is 6.70. The normalized spacial score (nSPS) is 12.0. The molecular weight excluding hydrogens is 138 g/mol. The van der Waals surface area contributed by atoms with E-state index in [0.717, 1.165) is 5.69 Å². The zero-order chi connectivity index (χ0) is 8.48. The van der Waals surface area contributed by atoms with Crippen LogP contribution in [0.3, 0.4) is 0 Å². The molecular formula is C8H15N3. The molecule has 0 amide bonds. The zero-order valence-corrected chi connectivity index (χ0v) is 7.33. The molecule has 0 atom stereocenters. The smallest absolute Gasteiger partial charge is 0.0953 e. The average molecular weight is 153 g/mol. The average Bonchev–Trinajstić information content (AvgIpc) is 2.31. The Morgan fingerprint density at radius 2 is 2.18 bits per heavy atom. The summed E-state index contributed by atoms with van der Waals surface area (Å²) in [5, 5.41) is 0. The van der Waals surface area contributed by atoms with E-state index in [1.807, 2.05) is 12.5 Å². The lowest BCUT2D eigenvalue weighted by Crippen LogP contribution is -2.24. The molecule has 0 radical (unpaired) electrons. The highest BCUT2D eigenvalue weighted by atomic mass is 15.1. The van der Waals surface area contributed by atoms with Crippen LogP contribution in [-0.2, 0) is 12.1 Å². The van der Waals surface area contributed by atoms with Gasteiger partial charge in [0, 0.05) is 18.3 Å². The van der Waals surface area contributed by atoms with E-state index in [-0.39, 0.29) is 5.54 Å². The van der Waals surface area contributed by atoms with E-state index in [4.69, 9.17) is 5.73 Å². The molecule has 0 unspecified atom stereocenters. The van der Waals surface area contributed by atoms with Crippen LogP contribution in [0, 0.1) is 0 Å². The van der Waals surface area contributed by atoms with Gasteiger partial charge in [0.2, 0.25) is 0 Å². The van der Waals surface area contributed by atoms with Gasteiger partial charge in [-0.3, -0.25) is 0 Å². The SMILES string of the molecule is CC(C)(C)n1cncc1CN. The number of imidazole rings is 1. The summed E-state index contributed by atoms with van der Waals surface area (Å²) in [6.07, 6.45) is 3.63. The molecule has 2 N–H and O–H groups in total. The minimum atomic E-state index is 0.0885. The van der Waals surface area contributed by atoms with Gasteiger partial charge in [0.05, 0.1) is 12.0 Å². The largest absolute Gasteiger partial charge is 0.328 e. The van der Waals surface area contributed by atoms with Crippen molar-refractivity contribution in [2.75, 3.05) is 0 Å². The first-order chi connectivity index (χ1) is 5.05. The van der Waals surface area contributed by atoms with Crippen molar-refractivity contribution >= 4 is 0 Å². The lowest BCUT2D eigenvalue weighted by molar-refractivity contribution is 0.384. The van der Waals surface area contributed by atoms with Gasteiger partial charge in [0.1, 0.15) is 0 Å². The van der Waals surface area contributed by atoms with Crippen molar-refractivity contribution in [3.63, 3.8) is 0 Å². The number of aromatic nitrogens is 2. The van der Waals surface area contributed by atoms with Gasteiger partial charge in [-0.25, -0.2) is 4.98 Å². The van der Waals surface area contributed by atoms with Crippen LogP contribution in [0.4, 0.5) is 0 Å². The van der Waals surface area contributed by atoms with Gasteiger partial charge in [0.15, 0.2) is 0 Å². The maximum atomic E-state index is 5.53. The van der Waals surface area contributed by atoms with Crippen LogP contribution in [0.15, 0.2) is 12.5 Å². The molecule has 0 aliphatic carbocycles. The van der Waals surface area contributed by atoms with Gasteiger partial charge in [-0.2, -0.15) is 0 Å². The summed E-state index contributed by atoms with van der Waals surface area (Å²) >= 11 is 0. The van der Waals surface area contributed by atoms with E-state index in [9.17, 15) is 0 Å². The third kappa shape index (κ3) is 1.60. The lowest BCUT2D eigenvalue weighted by atomic mass is 10.1. The van der Waals surface area contributed by atoms with Crippen LogP contribution >= 0.6 is 0 Å². The minimum Gasteiger partial charge on any atom is -0.328 e. The monoisotopic (exact) mass is 153 g/mol. The highest BCUT2D eigenvalue weighted by Gasteiger charge is 2.14. The van der Waals surface area contributed by atoms with Crippen LogP contribution < -0.4 is 5.73 Å². The van der Waals surface area contributed by atoms with Crippen molar-refractivity contribution in [1.29, 1.82) is 0 Å². The predicted octanol–water partition coefficient (Wildman–Crippen LogP) is 1.10. The fraction of sp³-hybridized carbons (Fsp3) is 0.625. The fourth-order valence-electron chi connectivity index (χ4n) is 1.08. The van der Waals surface area contributed by atoms with E-state index >= 15 is 0 Å². The maximum absolute atomic E-state index is 5.53. The molecule has 1 heterocycles. The Hall–Kier alpha value is -0.830. The molecule has 0 aliphatic rings. The van der Waals surface area contributed by atoms with E-state index in [0.29, 0.717) is 6.54 Å². The highest BCUT2D eigenvalue weighted by Crippen LogP contribution is 2.15. The molecule has 62 valence electrons. The second-order valence-corrected chi connectivity index (χ2v) is 3.63. The molecule has 0 fully saturated rings. The molecule has 0 bridgehead atoms. The van der Waals surface area contributed by atoms with E-state index in [1.165, 1.54) is 0 Å². The number of nitrogens with zero attached hydrogens (tertiary/aromatic N) is 2. The number of hydrogen-bond donors (Lipinski definition) is 1. The van der Waals surface area contributed by atoms with Crippen molar-refractivity contribution in [1.82, 2.24) is 9.55 Å². The maximum Gasteiger partial charge on any atom is 0.0953 e. The first-order valence-corrected chi connectivity index (χ1v) is 3.77. The summed E-state index contributed by atoms with van der Waals surface area (Å²) in [7, 11) is 0. The van der Waals surface area contributed by atoms with Crippen molar-refractivity contribution < 1.29 is 0 Å². The van der Waals surface area contributed by atoms with Gasteiger partial charge in [-0.05, 0) is 20.8 Å². The topological polar surface area (TPSA) is 43.8 Å². The van der Waals surface area contributed by atoms with E-state index in [2.05, 4.69) is 30.3 Å². The Morgan fingerprint density at radius 1 is 1.55 bits per heavy atom. The van der Waals surface area contributed by atoms with Crippen molar-refractivity contribution in [2.45, 2.75) is 32.9 Å². The van der Waals surface area contributed by atoms with Crippen molar-refractivity contribution in [2.24, 2.45) is 5.73 Å². The van der Waals surface area contributed by atoms with Crippen molar-refractivity contribution in [3.8, 4) is 0 Å². The Kier molecular flexibility index (Phi) is 2.00. The molecule has 0 spiro atoms. The van der Waals surface area contributed by atoms with Crippen molar-refractivity contribution in [3.05, 3.63) is 18.2 Å².